The van der Waals surface area contributed by atoms with E-state index in [-0.39, 0.29) is 11.9 Å². The lowest BCUT2D eigenvalue weighted by Gasteiger charge is -2.24. The minimum Gasteiger partial charge on any atom is -0.356 e. The third-order valence-corrected chi connectivity index (χ3v) is 2.77. The van der Waals surface area contributed by atoms with Gasteiger partial charge < -0.3 is 4.90 Å². The molecule has 0 N–H and O–H groups in total. The van der Waals surface area contributed by atoms with Crippen molar-refractivity contribution < 1.29 is 13.2 Å². The van der Waals surface area contributed by atoms with Gasteiger partial charge in [-0.25, -0.2) is 4.98 Å². The van der Waals surface area contributed by atoms with Gasteiger partial charge in [-0.05, 0) is 19.1 Å². The lowest BCUT2D eigenvalue weighted by molar-refractivity contribution is -0.137. The van der Waals surface area contributed by atoms with Crippen LogP contribution >= 0.6 is 11.6 Å². The average molecular weight is 253 g/mol. The summed E-state index contributed by atoms with van der Waals surface area (Å²) in [5.74, 6) is 0.594. The van der Waals surface area contributed by atoms with Crippen LogP contribution in [0.1, 0.15) is 12.5 Å². The molecule has 0 aliphatic heterocycles. The van der Waals surface area contributed by atoms with Gasteiger partial charge >= 0.3 is 6.18 Å². The summed E-state index contributed by atoms with van der Waals surface area (Å²) < 4.78 is 37.3. The highest BCUT2D eigenvalue weighted by molar-refractivity contribution is 6.18. The van der Waals surface area contributed by atoms with Crippen molar-refractivity contribution in [1.82, 2.24) is 4.98 Å². The molecule has 0 aromatic carbocycles. The molecule has 1 aromatic heterocycles. The zero-order valence-electron chi connectivity index (χ0n) is 8.92. The van der Waals surface area contributed by atoms with Crippen molar-refractivity contribution in [3.8, 4) is 0 Å². The molecule has 0 bridgehead atoms. The monoisotopic (exact) mass is 252 g/mol. The number of rotatable bonds is 3. The van der Waals surface area contributed by atoms with Gasteiger partial charge in [0.15, 0.2) is 0 Å². The second kappa shape index (κ2) is 4.91. The second-order valence-electron chi connectivity index (χ2n) is 3.51. The van der Waals surface area contributed by atoms with Gasteiger partial charge in [0, 0.05) is 25.2 Å². The van der Waals surface area contributed by atoms with Crippen molar-refractivity contribution in [3.63, 3.8) is 0 Å². The fourth-order valence-corrected chi connectivity index (χ4v) is 1.32. The minimum atomic E-state index is -4.34. The van der Waals surface area contributed by atoms with E-state index >= 15 is 0 Å². The van der Waals surface area contributed by atoms with E-state index in [0.717, 1.165) is 18.3 Å². The van der Waals surface area contributed by atoms with Gasteiger partial charge in [-0.15, -0.1) is 11.6 Å². The molecule has 90 valence electrons. The molecule has 2 nitrogen and oxygen atoms in total. The Morgan fingerprint density at radius 1 is 1.50 bits per heavy atom. The van der Waals surface area contributed by atoms with Crippen molar-refractivity contribution in [3.05, 3.63) is 23.9 Å². The molecule has 0 aliphatic rings. The first-order valence-electron chi connectivity index (χ1n) is 4.68. The van der Waals surface area contributed by atoms with Gasteiger partial charge in [0.2, 0.25) is 0 Å². The van der Waals surface area contributed by atoms with E-state index in [2.05, 4.69) is 4.98 Å². The fraction of sp³-hybridized carbons (Fsp3) is 0.500. The van der Waals surface area contributed by atoms with E-state index in [9.17, 15) is 13.2 Å². The molecule has 0 aliphatic carbocycles. The molecular formula is C10H12ClF3N2. The predicted molar refractivity (Wildman–Crippen MR) is 57.8 cm³/mol. The van der Waals surface area contributed by atoms with E-state index in [1.807, 2.05) is 6.92 Å². The number of alkyl halides is 4. The summed E-state index contributed by atoms with van der Waals surface area (Å²) in [5.41, 5.74) is -0.703. The number of aromatic nitrogens is 1. The lowest BCUT2D eigenvalue weighted by Crippen LogP contribution is -2.31. The number of nitrogens with zero attached hydrogens (tertiary/aromatic N) is 2. The Hall–Kier alpha value is -0.970. The normalized spacial score (nSPS) is 13.6. The number of hydrogen-bond acceptors (Lipinski definition) is 2. The van der Waals surface area contributed by atoms with Crippen LogP contribution in [0, 0.1) is 0 Å². The highest BCUT2D eigenvalue weighted by Gasteiger charge is 2.31. The number of anilines is 1. The largest absolute Gasteiger partial charge is 0.416 e. The summed E-state index contributed by atoms with van der Waals surface area (Å²) in [5, 5.41) is 0. The van der Waals surface area contributed by atoms with Gasteiger partial charge in [-0.2, -0.15) is 13.2 Å². The van der Waals surface area contributed by atoms with Crippen LogP contribution in [0.5, 0.6) is 0 Å². The van der Waals surface area contributed by atoms with Gasteiger partial charge in [-0.1, -0.05) is 0 Å². The van der Waals surface area contributed by atoms with Crippen LogP contribution < -0.4 is 4.90 Å². The first kappa shape index (κ1) is 13.1. The Balaban J connectivity index is 2.99. The van der Waals surface area contributed by atoms with Gasteiger partial charge in [-0.3, -0.25) is 0 Å². The molecule has 1 unspecified atom stereocenters. The quantitative estimate of drug-likeness (QED) is 0.768. The number of pyridine rings is 1. The number of halogens is 4. The fourth-order valence-electron chi connectivity index (χ4n) is 1.12. The molecule has 16 heavy (non-hydrogen) atoms. The van der Waals surface area contributed by atoms with E-state index in [4.69, 9.17) is 11.6 Å². The Morgan fingerprint density at radius 2 is 2.12 bits per heavy atom. The molecule has 1 rings (SSSR count). The van der Waals surface area contributed by atoms with Crippen LogP contribution in [-0.2, 0) is 6.18 Å². The zero-order valence-corrected chi connectivity index (χ0v) is 9.68. The van der Waals surface area contributed by atoms with Crippen molar-refractivity contribution in [2.24, 2.45) is 0 Å². The molecule has 0 saturated heterocycles. The van der Waals surface area contributed by atoms with Gasteiger partial charge in [0.1, 0.15) is 5.82 Å². The first-order chi connectivity index (χ1) is 7.36. The summed E-state index contributed by atoms with van der Waals surface area (Å²) in [4.78, 5) is 5.50. The van der Waals surface area contributed by atoms with Crippen LogP contribution in [0.4, 0.5) is 19.0 Å². The van der Waals surface area contributed by atoms with Gasteiger partial charge in [0.25, 0.3) is 0 Å². The Kier molecular flexibility index (Phi) is 4.02. The van der Waals surface area contributed by atoms with E-state index in [0.29, 0.717) is 5.88 Å². The molecule has 0 radical (unpaired) electrons. The van der Waals surface area contributed by atoms with E-state index in [1.54, 1.807) is 11.9 Å². The molecule has 6 heteroatoms. The summed E-state index contributed by atoms with van der Waals surface area (Å²) in [6.07, 6.45) is -3.20. The molecule has 0 spiro atoms. The van der Waals surface area contributed by atoms with Crippen molar-refractivity contribution in [2.75, 3.05) is 17.8 Å². The maximum absolute atomic E-state index is 12.4. The minimum absolute atomic E-state index is 0.0716. The summed E-state index contributed by atoms with van der Waals surface area (Å²) in [6.45, 7) is 1.81. The number of hydrogen-bond donors (Lipinski definition) is 0. The lowest BCUT2D eigenvalue weighted by atomic mass is 10.2. The standard InChI is InChI=1S/C10H12ClF3N2/c1-7(6-11)16(2)9-5-8(3-4-15-9)10(12,13)14/h3-5,7H,6H2,1-2H3. The molecule has 1 atom stereocenters. The zero-order chi connectivity index (χ0) is 12.3. The third kappa shape index (κ3) is 3.01. The SMILES string of the molecule is CC(CCl)N(C)c1cc(C(F)(F)F)ccn1. The van der Waals surface area contributed by atoms with Crippen LogP contribution in [0.15, 0.2) is 18.3 Å². The van der Waals surface area contributed by atoms with E-state index < -0.39 is 11.7 Å². The Labute approximate surface area is 97.0 Å². The highest BCUT2D eigenvalue weighted by atomic mass is 35.5. The smallest absolute Gasteiger partial charge is 0.356 e. The maximum Gasteiger partial charge on any atom is 0.416 e. The molecule has 1 aromatic rings. The van der Waals surface area contributed by atoms with Crippen molar-refractivity contribution in [1.29, 1.82) is 0 Å². The molecule has 0 fully saturated rings. The predicted octanol–water partition coefficient (Wildman–Crippen LogP) is 3.16. The van der Waals surface area contributed by atoms with Crippen LogP contribution in [0.2, 0.25) is 0 Å². The molecule has 1 heterocycles. The summed E-state index contributed by atoms with van der Waals surface area (Å²) in [7, 11) is 1.66. The summed E-state index contributed by atoms with van der Waals surface area (Å²) >= 11 is 5.63. The second-order valence-corrected chi connectivity index (χ2v) is 3.82. The third-order valence-electron chi connectivity index (χ3n) is 2.32. The highest BCUT2D eigenvalue weighted by Crippen LogP contribution is 2.30. The van der Waals surface area contributed by atoms with Crippen LogP contribution in [0.25, 0.3) is 0 Å². The van der Waals surface area contributed by atoms with Crippen molar-refractivity contribution in [2.45, 2.75) is 19.1 Å². The topological polar surface area (TPSA) is 16.1 Å². The first-order valence-corrected chi connectivity index (χ1v) is 5.21. The van der Waals surface area contributed by atoms with E-state index in [1.165, 1.54) is 0 Å². The van der Waals surface area contributed by atoms with Crippen LogP contribution in [0.3, 0.4) is 0 Å². The Morgan fingerprint density at radius 3 is 2.62 bits per heavy atom. The molecular weight excluding hydrogens is 241 g/mol. The average Bonchev–Trinajstić information content (AvgIpc) is 2.26. The van der Waals surface area contributed by atoms with Gasteiger partial charge in [0.05, 0.1) is 5.56 Å². The maximum atomic E-state index is 12.4. The molecule has 0 saturated carbocycles. The van der Waals surface area contributed by atoms with Crippen molar-refractivity contribution >= 4 is 17.4 Å². The van der Waals surface area contributed by atoms with Crippen LogP contribution in [-0.4, -0.2) is 24.0 Å². The Bertz CT molecular complexity index is 354. The molecule has 0 amide bonds. The summed E-state index contributed by atoms with van der Waals surface area (Å²) in [6, 6.07) is 1.89.